The summed E-state index contributed by atoms with van der Waals surface area (Å²) in [5.74, 6) is 1.15. The maximum absolute atomic E-state index is 5.27. The van der Waals surface area contributed by atoms with Gasteiger partial charge >= 0.3 is 0 Å². The van der Waals surface area contributed by atoms with Crippen molar-refractivity contribution in [2.75, 3.05) is 13.2 Å². The molecule has 0 aliphatic carbocycles. The molecule has 2 heterocycles. The van der Waals surface area contributed by atoms with E-state index in [9.17, 15) is 0 Å². The molecule has 1 aromatic rings. The Balaban J connectivity index is 2.28. The molecule has 1 aromatic heterocycles. The number of fused-ring (bicyclic) bond motifs is 1. The van der Waals surface area contributed by atoms with E-state index in [1.807, 2.05) is 12.4 Å². The van der Waals surface area contributed by atoms with E-state index in [-0.39, 0.29) is 0 Å². The van der Waals surface area contributed by atoms with Crippen molar-refractivity contribution >= 4 is 0 Å². The van der Waals surface area contributed by atoms with Crippen molar-refractivity contribution < 1.29 is 4.74 Å². The predicted molar refractivity (Wildman–Crippen MR) is 36.8 cm³/mol. The smallest absolute Gasteiger partial charge is 0.111 e. The van der Waals surface area contributed by atoms with Gasteiger partial charge in [0, 0.05) is 25.4 Å². The van der Waals surface area contributed by atoms with Crippen LogP contribution in [0.4, 0.5) is 0 Å². The van der Waals surface area contributed by atoms with E-state index >= 15 is 0 Å². The van der Waals surface area contributed by atoms with Crippen molar-refractivity contribution in [1.82, 2.24) is 9.55 Å². The van der Waals surface area contributed by atoms with Crippen LogP contribution in [0.5, 0.6) is 0 Å². The topological polar surface area (TPSA) is 27.1 Å². The zero-order chi connectivity index (χ0) is 6.81. The van der Waals surface area contributed by atoms with Crippen LogP contribution in [0.25, 0.3) is 0 Å². The van der Waals surface area contributed by atoms with Gasteiger partial charge in [-0.15, -0.1) is 0 Å². The molecule has 54 valence electrons. The van der Waals surface area contributed by atoms with Crippen molar-refractivity contribution in [2.24, 2.45) is 0 Å². The van der Waals surface area contributed by atoms with Gasteiger partial charge in [-0.1, -0.05) is 0 Å². The lowest BCUT2D eigenvalue weighted by Crippen LogP contribution is -2.01. The van der Waals surface area contributed by atoms with Crippen LogP contribution in [-0.2, 0) is 17.7 Å². The summed E-state index contributed by atoms with van der Waals surface area (Å²) >= 11 is 0. The summed E-state index contributed by atoms with van der Waals surface area (Å²) in [6, 6.07) is 0. The Morgan fingerprint density at radius 3 is 3.50 bits per heavy atom. The molecule has 0 saturated carbocycles. The van der Waals surface area contributed by atoms with E-state index in [4.69, 9.17) is 4.74 Å². The molecule has 0 atom stereocenters. The molecule has 3 heteroatoms. The maximum Gasteiger partial charge on any atom is 0.111 e. The highest BCUT2D eigenvalue weighted by molar-refractivity contribution is 4.93. The van der Waals surface area contributed by atoms with Gasteiger partial charge in [-0.3, -0.25) is 0 Å². The van der Waals surface area contributed by atoms with Gasteiger partial charge in [-0.2, -0.15) is 0 Å². The third-order valence-corrected chi connectivity index (χ3v) is 1.75. The van der Waals surface area contributed by atoms with Crippen LogP contribution in [0, 0.1) is 0 Å². The molecular formula is C7H10N2O. The summed E-state index contributed by atoms with van der Waals surface area (Å²) < 4.78 is 7.42. The average molecular weight is 138 g/mol. The standard InChI is InChI=1S/C7H10N2O/c1-5-10-6-4-9-3-2-8-7(1)9/h2-3H,1,4-6H2. The Bertz CT molecular complexity index is 199. The second kappa shape index (κ2) is 2.42. The zero-order valence-corrected chi connectivity index (χ0v) is 5.79. The fourth-order valence-corrected chi connectivity index (χ4v) is 1.20. The van der Waals surface area contributed by atoms with Crippen LogP contribution in [-0.4, -0.2) is 22.8 Å². The van der Waals surface area contributed by atoms with E-state index < -0.39 is 0 Å². The Hall–Kier alpha value is -0.830. The number of nitrogens with zero attached hydrogens (tertiary/aromatic N) is 2. The second-order valence-corrected chi connectivity index (χ2v) is 2.40. The Morgan fingerprint density at radius 2 is 2.50 bits per heavy atom. The zero-order valence-electron chi connectivity index (χ0n) is 5.79. The molecule has 0 unspecified atom stereocenters. The first-order valence-corrected chi connectivity index (χ1v) is 3.54. The molecule has 2 rings (SSSR count). The van der Waals surface area contributed by atoms with Gasteiger partial charge in [0.2, 0.25) is 0 Å². The minimum Gasteiger partial charge on any atom is -0.379 e. The number of rotatable bonds is 0. The summed E-state index contributed by atoms with van der Waals surface area (Å²) in [7, 11) is 0. The molecule has 0 fully saturated rings. The fraction of sp³-hybridized carbons (Fsp3) is 0.571. The van der Waals surface area contributed by atoms with Crippen LogP contribution in [0.2, 0.25) is 0 Å². The molecule has 0 bridgehead atoms. The van der Waals surface area contributed by atoms with Crippen molar-refractivity contribution in [3.8, 4) is 0 Å². The second-order valence-electron chi connectivity index (χ2n) is 2.40. The van der Waals surface area contributed by atoms with Gasteiger partial charge in [0.15, 0.2) is 0 Å². The van der Waals surface area contributed by atoms with Gasteiger partial charge in [0.1, 0.15) is 5.82 Å². The van der Waals surface area contributed by atoms with Gasteiger partial charge in [-0.05, 0) is 0 Å². The minimum absolute atomic E-state index is 0.816. The highest BCUT2D eigenvalue weighted by Crippen LogP contribution is 2.02. The maximum atomic E-state index is 5.27. The van der Waals surface area contributed by atoms with Crippen LogP contribution >= 0.6 is 0 Å². The van der Waals surface area contributed by atoms with Crippen molar-refractivity contribution in [2.45, 2.75) is 13.0 Å². The number of ether oxygens (including phenoxy) is 1. The molecule has 1 aliphatic rings. The first kappa shape index (κ1) is 5.92. The average Bonchev–Trinajstić information content (AvgIpc) is 2.28. The summed E-state index contributed by atoms with van der Waals surface area (Å²) in [6.07, 6.45) is 4.80. The van der Waals surface area contributed by atoms with Gasteiger partial charge in [0.05, 0.1) is 13.2 Å². The number of imidazole rings is 1. The van der Waals surface area contributed by atoms with E-state index in [1.165, 1.54) is 0 Å². The Labute approximate surface area is 59.6 Å². The molecule has 1 aliphatic heterocycles. The number of hydrogen-bond acceptors (Lipinski definition) is 2. The van der Waals surface area contributed by atoms with Crippen LogP contribution in [0.3, 0.4) is 0 Å². The monoisotopic (exact) mass is 138 g/mol. The lowest BCUT2D eigenvalue weighted by Gasteiger charge is -1.98. The van der Waals surface area contributed by atoms with Crippen LogP contribution in [0.1, 0.15) is 5.82 Å². The van der Waals surface area contributed by atoms with E-state index in [0.29, 0.717) is 0 Å². The normalized spacial score (nSPS) is 18.0. The van der Waals surface area contributed by atoms with Crippen LogP contribution < -0.4 is 0 Å². The summed E-state index contributed by atoms with van der Waals surface area (Å²) in [6.45, 7) is 2.59. The van der Waals surface area contributed by atoms with Gasteiger partial charge in [-0.25, -0.2) is 4.98 Å². The highest BCUT2D eigenvalue weighted by atomic mass is 16.5. The lowest BCUT2D eigenvalue weighted by atomic mass is 10.4. The van der Waals surface area contributed by atoms with E-state index in [1.54, 1.807) is 0 Å². The predicted octanol–water partition coefficient (Wildman–Crippen LogP) is 0.456. The Kier molecular flexibility index (Phi) is 1.43. The molecule has 0 spiro atoms. The first-order valence-electron chi connectivity index (χ1n) is 3.54. The summed E-state index contributed by atoms with van der Waals surface area (Å²) in [4.78, 5) is 4.20. The third-order valence-electron chi connectivity index (χ3n) is 1.75. The lowest BCUT2D eigenvalue weighted by molar-refractivity contribution is 0.140. The molecule has 10 heavy (non-hydrogen) atoms. The fourth-order valence-electron chi connectivity index (χ4n) is 1.20. The van der Waals surface area contributed by atoms with Crippen molar-refractivity contribution in [3.63, 3.8) is 0 Å². The Morgan fingerprint density at radius 1 is 1.50 bits per heavy atom. The molecule has 3 nitrogen and oxygen atoms in total. The largest absolute Gasteiger partial charge is 0.379 e. The molecule has 0 N–H and O–H groups in total. The van der Waals surface area contributed by atoms with Gasteiger partial charge in [0.25, 0.3) is 0 Å². The molecule has 0 amide bonds. The SMILES string of the molecule is c1cn2c(n1)CCOCC2. The number of aromatic nitrogens is 2. The minimum atomic E-state index is 0.816. The molecular weight excluding hydrogens is 128 g/mol. The van der Waals surface area contributed by atoms with Crippen LogP contribution in [0.15, 0.2) is 12.4 Å². The number of hydrogen-bond donors (Lipinski definition) is 0. The quantitative estimate of drug-likeness (QED) is 0.520. The third kappa shape index (κ3) is 0.926. The molecule has 0 radical (unpaired) electrons. The summed E-state index contributed by atoms with van der Waals surface area (Å²) in [5.41, 5.74) is 0. The molecule has 0 saturated heterocycles. The van der Waals surface area contributed by atoms with Gasteiger partial charge < -0.3 is 9.30 Å². The van der Waals surface area contributed by atoms with E-state index in [2.05, 4.69) is 9.55 Å². The van der Waals surface area contributed by atoms with Crippen molar-refractivity contribution in [1.29, 1.82) is 0 Å². The first-order chi connectivity index (χ1) is 4.97. The molecule has 0 aromatic carbocycles. The van der Waals surface area contributed by atoms with Crippen molar-refractivity contribution in [3.05, 3.63) is 18.2 Å². The highest BCUT2D eigenvalue weighted by Gasteiger charge is 2.05. The summed E-state index contributed by atoms with van der Waals surface area (Å²) in [5, 5.41) is 0. The van der Waals surface area contributed by atoms with E-state index in [0.717, 1.165) is 32.0 Å².